The number of aromatic hydroxyl groups is 1. The fourth-order valence-electron chi connectivity index (χ4n) is 1.32. The highest BCUT2D eigenvalue weighted by Gasteiger charge is 2.18. The molecule has 19 heavy (non-hydrogen) atoms. The first-order valence-electron chi connectivity index (χ1n) is 4.93. The van der Waals surface area contributed by atoms with Crippen molar-refractivity contribution >= 4 is 38.6 Å². The third-order valence-corrected chi connectivity index (χ3v) is 5.11. The second-order valence-corrected chi connectivity index (χ2v) is 6.95. The number of nitrogens with one attached hydrogen (secondary N) is 1. The predicted octanol–water partition coefficient (Wildman–Crippen LogP) is 2.31. The van der Waals surface area contributed by atoms with Gasteiger partial charge in [0, 0.05) is 6.07 Å². The van der Waals surface area contributed by atoms with Crippen molar-refractivity contribution in [1.29, 1.82) is 0 Å². The van der Waals surface area contributed by atoms with E-state index >= 15 is 0 Å². The number of halogens is 1. The van der Waals surface area contributed by atoms with Gasteiger partial charge in [0.2, 0.25) is 0 Å². The Bertz CT molecular complexity index is 699. The van der Waals surface area contributed by atoms with Crippen molar-refractivity contribution in [2.75, 3.05) is 11.8 Å². The Morgan fingerprint density at radius 3 is 2.74 bits per heavy atom. The number of hydrogen-bond donors (Lipinski definition) is 2. The number of rotatable bonds is 4. The minimum Gasteiger partial charge on any atom is -0.504 e. The number of benzene rings is 1. The number of nitrogens with zero attached hydrogens (tertiary/aromatic N) is 1. The lowest BCUT2D eigenvalue weighted by Crippen LogP contribution is -2.11. The average molecular weight is 321 g/mol. The number of phenols is 1. The van der Waals surface area contributed by atoms with Gasteiger partial charge in [-0.15, -0.1) is 0 Å². The van der Waals surface area contributed by atoms with Crippen LogP contribution in [0, 0.1) is 0 Å². The summed E-state index contributed by atoms with van der Waals surface area (Å²) in [5.74, 6) is 0.0915. The summed E-state index contributed by atoms with van der Waals surface area (Å²) >= 11 is 6.44. The summed E-state index contributed by atoms with van der Waals surface area (Å²) < 4.78 is 31.2. The number of phenolic OH excluding ortho intramolecular Hbond substituents is 1. The van der Waals surface area contributed by atoms with E-state index in [1.807, 2.05) is 0 Å². The van der Waals surface area contributed by atoms with Crippen LogP contribution in [-0.4, -0.2) is 25.6 Å². The summed E-state index contributed by atoms with van der Waals surface area (Å²) in [7, 11) is -2.36. The van der Waals surface area contributed by atoms with Crippen LogP contribution in [0.3, 0.4) is 0 Å². The van der Waals surface area contributed by atoms with Gasteiger partial charge in [0.1, 0.15) is 0 Å². The number of ether oxygens (including phenoxy) is 1. The normalized spacial score (nSPS) is 11.3. The minimum absolute atomic E-state index is 0.00666. The van der Waals surface area contributed by atoms with Crippen LogP contribution in [0.5, 0.6) is 11.5 Å². The molecule has 1 aromatic heterocycles. The van der Waals surface area contributed by atoms with Crippen LogP contribution < -0.4 is 9.46 Å². The van der Waals surface area contributed by atoms with Gasteiger partial charge in [0.15, 0.2) is 20.2 Å². The van der Waals surface area contributed by atoms with E-state index in [0.717, 1.165) is 11.3 Å². The molecule has 2 N–H and O–H groups in total. The van der Waals surface area contributed by atoms with E-state index in [0.29, 0.717) is 0 Å². The van der Waals surface area contributed by atoms with Crippen LogP contribution >= 0.6 is 22.9 Å². The maximum atomic E-state index is 12.0. The van der Waals surface area contributed by atoms with Crippen LogP contribution in [0.25, 0.3) is 0 Å². The largest absolute Gasteiger partial charge is 0.504 e. The Labute approximate surface area is 118 Å². The lowest BCUT2D eigenvalue weighted by molar-refractivity contribution is 0.373. The van der Waals surface area contributed by atoms with Crippen molar-refractivity contribution in [2.45, 2.75) is 4.21 Å². The molecule has 0 spiro atoms. The van der Waals surface area contributed by atoms with E-state index in [1.54, 1.807) is 0 Å². The number of aromatic nitrogens is 1. The van der Waals surface area contributed by atoms with Gasteiger partial charge in [-0.2, -0.15) is 0 Å². The summed E-state index contributed by atoms with van der Waals surface area (Å²) in [6, 6.07) is 4.17. The van der Waals surface area contributed by atoms with Crippen LogP contribution in [0.1, 0.15) is 0 Å². The number of thiazole rings is 1. The SMILES string of the molecule is COc1ccc(NS(=O)(=O)c2cnc(Cl)s2)cc1O. The molecule has 9 heteroatoms. The monoisotopic (exact) mass is 320 g/mol. The zero-order chi connectivity index (χ0) is 14.0. The lowest BCUT2D eigenvalue weighted by Gasteiger charge is -2.08. The third kappa shape index (κ3) is 3.09. The number of sulfonamides is 1. The molecule has 0 saturated carbocycles. The van der Waals surface area contributed by atoms with Gasteiger partial charge in [0.25, 0.3) is 10.0 Å². The highest BCUT2D eigenvalue weighted by Crippen LogP contribution is 2.30. The first-order chi connectivity index (χ1) is 8.92. The number of methoxy groups -OCH3 is 1. The standard InChI is InChI=1S/C10H9ClN2O4S2/c1-17-8-3-2-6(4-7(8)14)13-19(15,16)9-5-12-10(11)18-9/h2-5,13-14H,1H3. The summed E-state index contributed by atoms with van der Waals surface area (Å²) in [5.41, 5.74) is 0.211. The molecule has 0 radical (unpaired) electrons. The van der Waals surface area contributed by atoms with Gasteiger partial charge in [-0.05, 0) is 12.1 Å². The summed E-state index contributed by atoms with van der Waals surface area (Å²) in [5, 5.41) is 9.57. The van der Waals surface area contributed by atoms with Gasteiger partial charge < -0.3 is 9.84 Å². The first kappa shape index (κ1) is 13.9. The molecule has 1 aromatic carbocycles. The molecule has 0 bridgehead atoms. The fourth-order valence-corrected chi connectivity index (χ4v) is 3.66. The van der Waals surface area contributed by atoms with Gasteiger partial charge in [-0.1, -0.05) is 22.9 Å². The van der Waals surface area contributed by atoms with E-state index in [4.69, 9.17) is 16.3 Å². The third-order valence-electron chi connectivity index (χ3n) is 2.15. The van der Waals surface area contributed by atoms with Gasteiger partial charge in [-0.25, -0.2) is 13.4 Å². The molecule has 6 nitrogen and oxygen atoms in total. The molecule has 0 saturated heterocycles. The zero-order valence-electron chi connectivity index (χ0n) is 9.62. The topological polar surface area (TPSA) is 88.5 Å². The Hall–Kier alpha value is -1.51. The molecule has 0 atom stereocenters. The highest BCUT2D eigenvalue weighted by molar-refractivity contribution is 7.94. The van der Waals surface area contributed by atoms with Gasteiger partial charge in [0.05, 0.1) is 19.0 Å². The molecule has 0 aliphatic carbocycles. The maximum absolute atomic E-state index is 12.0. The van der Waals surface area contributed by atoms with Crippen LogP contribution in [0.15, 0.2) is 28.6 Å². The van der Waals surface area contributed by atoms with E-state index < -0.39 is 10.0 Å². The molecule has 0 fully saturated rings. The number of anilines is 1. The fraction of sp³-hybridized carbons (Fsp3) is 0.100. The molecular weight excluding hydrogens is 312 g/mol. The predicted molar refractivity (Wildman–Crippen MR) is 72.6 cm³/mol. The van der Waals surface area contributed by atoms with E-state index in [1.165, 1.54) is 31.5 Å². The zero-order valence-corrected chi connectivity index (χ0v) is 12.0. The number of hydrogen-bond acceptors (Lipinski definition) is 6. The smallest absolute Gasteiger partial charge is 0.273 e. The molecule has 2 aromatic rings. The summed E-state index contributed by atoms with van der Waals surface area (Å²) in [6.07, 6.45) is 1.17. The van der Waals surface area contributed by atoms with Crippen molar-refractivity contribution < 1.29 is 18.3 Å². The Morgan fingerprint density at radius 2 is 2.21 bits per heavy atom. The molecule has 2 rings (SSSR count). The van der Waals surface area contributed by atoms with E-state index in [2.05, 4.69) is 9.71 Å². The van der Waals surface area contributed by atoms with Gasteiger partial charge >= 0.3 is 0 Å². The van der Waals surface area contributed by atoms with Crippen molar-refractivity contribution in [1.82, 2.24) is 4.98 Å². The van der Waals surface area contributed by atoms with Crippen LogP contribution in [0.4, 0.5) is 5.69 Å². The summed E-state index contributed by atoms with van der Waals surface area (Å²) in [4.78, 5) is 3.66. The van der Waals surface area contributed by atoms with E-state index in [9.17, 15) is 13.5 Å². The van der Waals surface area contributed by atoms with Crippen molar-refractivity contribution in [2.24, 2.45) is 0 Å². The van der Waals surface area contributed by atoms with Crippen LogP contribution in [-0.2, 0) is 10.0 Å². The highest BCUT2D eigenvalue weighted by atomic mass is 35.5. The van der Waals surface area contributed by atoms with Crippen LogP contribution in [0.2, 0.25) is 4.47 Å². The Kier molecular flexibility index (Phi) is 3.83. The second-order valence-electron chi connectivity index (χ2n) is 3.42. The average Bonchev–Trinajstić information content (AvgIpc) is 2.76. The Morgan fingerprint density at radius 1 is 1.47 bits per heavy atom. The molecule has 0 unspecified atom stereocenters. The summed E-state index contributed by atoms with van der Waals surface area (Å²) in [6.45, 7) is 0. The molecule has 0 amide bonds. The minimum atomic E-state index is -3.76. The maximum Gasteiger partial charge on any atom is 0.273 e. The van der Waals surface area contributed by atoms with E-state index in [-0.39, 0.29) is 25.9 Å². The second kappa shape index (κ2) is 5.24. The van der Waals surface area contributed by atoms with Crippen molar-refractivity contribution in [3.05, 3.63) is 28.9 Å². The molecule has 1 heterocycles. The van der Waals surface area contributed by atoms with Gasteiger partial charge in [-0.3, -0.25) is 4.72 Å². The van der Waals surface area contributed by atoms with Crippen molar-refractivity contribution in [3.63, 3.8) is 0 Å². The molecular formula is C10H9ClN2O4S2. The molecule has 102 valence electrons. The van der Waals surface area contributed by atoms with Crippen molar-refractivity contribution in [3.8, 4) is 11.5 Å². The first-order valence-corrected chi connectivity index (χ1v) is 7.61. The molecule has 0 aliphatic heterocycles. The lowest BCUT2D eigenvalue weighted by atomic mass is 10.3. The molecule has 0 aliphatic rings. The Balaban J connectivity index is 2.28. The quantitative estimate of drug-likeness (QED) is 0.902.